The van der Waals surface area contributed by atoms with E-state index in [2.05, 4.69) is 26.0 Å². The fraction of sp³-hybridized carbons (Fsp3) is 0.385. The van der Waals surface area contributed by atoms with E-state index in [9.17, 15) is 9.59 Å². The number of azide groups is 1. The summed E-state index contributed by atoms with van der Waals surface area (Å²) in [4.78, 5) is 28.2. The summed E-state index contributed by atoms with van der Waals surface area (Å²) in [5.74, 6) is -0.638. The van der Waals surface area contributed by atoms with Gasteiger partial charge in [-0.1, -0.05) is 21.0 Å². The molecule has 1 unspecified atom stereocenters. The van der Waals surface area contributed by atoms with E-state index in [0.29, 0.717) is 24.2 Å². The predicted octanol–water partition coefficient (Wildman–Crippen LogP) is 2.90. The first-order valence-corrected chi connectivity index (χ1v) is 7.05. The SMILES string of the molecule is COC(=O)c1cc(Br)ccc1N1CC(CN=[N+]=[N-])CC1=O. The molecule has 1 aliphatic rings. The first kappa shape index (κ1) is 15.3. The number of ether oxygens (including phenoxy) is 1. The van der Waals surface area contributed by atoms with Gasteiger partial charge in [0.05, 0.1) is 18.4 Å². The molecule has 0 aliphatic carbocycles. The number of nitrogens with zero attached hydrogens (tertiary/aromatic N) is 4. The van der Waals surface area contributed by atoms with Crippen molar-refractivity contribution in [3.05, 3.63) is 38.7 Å². The summed E-state index contributed by atoms with van der Waals surface area (Å²) in [6, 6.07) is 5.08. The summed E-state index contributed by atoms with van der Waals surface area (Å²) in [6.07, 6.45) is 0.301. The topological polar surface area (TPSA) is 95.4 Å². The molecule has 8 heteroatoms. The maximum Gasteiger partial charge on any atom is 0.340 e. The minimum atomic E-state index is -0.502. The average Bonchev–Trinajstić information content (AvgIpc) is 2.85. The Morgan fingerprint density at radius 1 is 1.62 bits per heavy atom. The van der Waals surface area contributed by atoms with E-state index in [4.69, 9.17) is 10.3 Å². The number of halogens is 1. The maximum atomic E-state index is 12.1. The molecule has 1 saturated heterocycles. The highest BCUT2D eigenvalue weighted by molar-refractivity contribution is 9.10. The van der Waals surface area contributed by atoms with E-state index in [0.717, 1.165) is 4.47 Å². The predicted molar refractivity (Wildman–Crippen MR) is 80.0 cm³/mol. The van der Waals surface area contributed by atoms with Crippen LogP contribution in [-0.2, 0) is 9.53 Å². The lowest BCUT2D eigenvalue weighted by molar-refractivity contribution is -0.117. The third-order valence-corrected chi connectivity index (χ3v) is 3.76. The van der Waals surface area contributed by atoms with Gasteiger partial charge in [-0.3, -0.25) is 4.79 Å². The van der Waals surface area contributed by atoms with Gasteiger partial charge in [0.2, 0.25) is 5.91 Å². The van der Waals surface area contributed by atoms with Crippen LogP contribution in [0.25, 0.3) is 10.4 Å². The van der Waals surface area contributed by atoms with Crippen LogP contribution in [-0.4, -0.2) is 32.1 Å². The molecule has 0 N–H and O–H groups in total. The highest BCUT2D eigenvalue weighted by atomic mass is 79.9. The van der Waals surface area contributed by atoms with Crippen molar-refractivity contribution >= 4 is 33.5 Å². The van der Waals surface area contributed by atoms with Crippen LogP contribution in [0.3, 0.4) is 0 Å². The molecule has 0 radical (unpaired) electrons. The van der Waals surface area contributed by atoms with Gasteiger partial charge in [-0.25, -0.2) is 4.79 Å². The fourth-order valence-corrected chi connectivity index (χ4v) is 2.67. The molecule has 1 heterocycles. The molecule has 7 nitrogen and oxygen atoms in total. The number of methoxy groups -OCH3 is 1. The second kappa shape index (κ2) is 6.60. The second-order valence-electron chi connectivity index (χ2n) is 4.64. The number of rotatable bonds is 4. The average molecular weight is 353 g/mol. The zero-order chi connectivity index (χ0) is 15.4. The van der Waals surface area contributed by atoms with Gasteiger partial charge in [-0.15, -0.1) is 0 Å². The van der Waals surface area contributed by atoms with Gasteiger partial charge in [-0.05, 0) is 29.6 Å². The number of carbonyl (C=O) groups is 2. The normalized spacial score (nSPS) is 17.5. The first-order valence-electron chi connectivity index (χ1n) is 6.26. The molecule has 1 atom stereocenters. The Hall–Kier alpha value is -2.05. The molecular formula is C13H13BrN4O3. The molecule has 1 aromatic rings. The quantitative estimate of drug-likeness (QED) is 0.360. The Balaban J connectivity index is 2.31. The Bertz CT molecular complexity index is 628. The van der Waals surface area contributed by atoms with Gasteiger partial charge in [0, 0.05) is 28.9 Å². The number of esters is 1. The Morgan fingerprint density at radius 3 is 3.05 bits per heavy atom. The molecule has 1 amide bonds. The van der Waals surface area contributed by atoms with Crippen molar-refractivity contribution in [2.75, 3.05) is 25.1 Å². The monoisotopic (exact) mass is 352 g/mol. The molecule has 0 spiro atoms. The lowest BCUT2D eigenvalue weighted by Gasteiger charge is -2.19. The Morgan fingerprint density at radius 2 is 2.38 bits per heavy atom. The zero-order valence-corrected chi connectivity index (χ0v) is 12.9. The number of amides is 1. The van der Waals surface area contributed by atoms with Crippen LogP contribution >= 0.6 is 15.9 Å². The highest BCUT2D eigenvalue weighted by Gasteiger charge is 2.32. The van der Waals surface area contributed by atoms with Gasteiger partial charge >= 0.3 is 5.97 Å². The van der Waals surface area contributed by atoms with Crippen LogP contribution in [0.1, 0.15) is 16.8 Å². The highest BCUT2D eigenvalue weighted by Crippen LogP contribution is 2.30. The molecule has 0 bridgehead atoms. The van der Waals surface area contributed by atoms with Gasteiger partial charge in [0.15, 0.2) is 0 Å². The first-order chi connectivity index (χ1) is 10.1. The van der Waals surface area contributed by atoms with E-state index >= 15 is 0 Å². The molecule has 1 fully saturated rings. The molecule has 0 saturated carbocycles. The van der Waals surface area contributed by atoms with Gasteiger partial charge in [-0.2, -0.15) is 0 Å². The maximum absolute atomic E-state index is 12.1. The lowest BCUT2D eigenvalue weighted by Crippen LogP contribution is -2.27. The van der Waals surface area contributed by atoms with E-state index in [-0.39, 0.29) is 18.4 Å². The number of hydrogen-bond donors (Lipinski definition) is 0. The van der Waals surface area contributed by atoms with Crippen LogP contribution in [0.2, 0.25) is 0 Å². The van der Waals surface area contributed by atoms with Crippen LogP contribution in [0.5, 0.6) is 0 Å². The van der Waals surface area contributed by atoms with Crippen molar-refractivity contribution in [1.29, 1.82) is 0 Å². The zero-order valence-electron chi connectivity index (χ0n) is 11.3. The minimum absolute atomic E-state index is 0.0393. The smallest absolute Gasteiger partial charge is 0.340 e. The number of hydrogen-bond acceptors (Lipinski definition) is 4. The molecular weight excluding hydrogens is 340 g/mol. The molecule has 110 valence electrons. The van der Waals surface area contributed by atoms with Crippen LogP contribution < -0.4 is 4.90 Å². The van der Waals surface area contributed by atoms with Crippen molar-refractivity contribution in [2.24, 2.45) is 11.0 Å². The van der Waals surface area contributed by atoms with Gasteiger partial charge in [0.25, 0.3) is 0 Å². The lowest BCUT2D eigenvalue weighted by atomic mass is 10.1. The molecule has 2 rings (SSSR count). The summed E-state index contributed by atoms with van der Waals surface area (Å²) in [5, 5.41) is 3.51. The van der Waals surface area contributed by atoms with E-state index in [1.165, 1.54) is 12.0 Å². The number of carbonyl (C=O) groups excluding carboxylic acids is 2. The van der Waals surface area contributed by atoms with Gasteiger partial charge < -0.3 is 9.64 Å². The largest absolute Gasteiger partial charge is 0.465 e. The van der Waals surface area contributed by atoms with Crippen molar-refractivity contribution in [1.82, 2.24) is 0 Å². The summed E-state index contributed by atoms with van der Waals surface area (Å²) in [6.45, 7) is 0.687. The van der Waals surface area contributed by atoms with E-state index < -0.39 is 5.97 Å². The van der Waals surface area contributed by atoms with Crippen molar-refractivity contribution < 1.29 is 14.3 Å². The van der Waals surface area contributed by atoms with Crippen LogP contribution in [0.15, 0.2) is 27.8 Å². The Kier molecular flexibility index (Phi) is 4.82. The fourth-order valence-electron chi connectivity index (χ4n) is 2.31. The number of anilines is 1. The molecule has 21 heavy (non-hydrogen) atoms. The van der Waals surface area contributed by atoms with Gasteiger partial charge in [0.1, 0.15) is 0 Å². The molecule has 1 aliphatic heterocycles. The molecule has 1 aromatic carbocycles. The minimum Gasteiger partial charge on any atom is -0.465 e. The summed E-state index contributed by atoms with van der Waals surface area (Å²) < 4.78 is 5.48. The van der Waals surface area contributed by atoms with Crippen LogP contribution in [0.4, 0.5) is 5.69 Å². The van der Waals surface area contributed by atoms with E-state index in [1.54, 1.807) is 18.2 Å². The second-order valence-corrected chi connectivity index (χ2v) is 5.56. The summed E-state index contributed by atoms with van der Waals surface area (Å²) in [7, 11) is 1.29. The van der Waals surface area contributed by atoms with Crippen molar-refractivity contribution in [2.45, 2.75) is 6.42 Å². The van der Waals surface area contributed by atoms with Crippen LogP contribution in [0, 0.1) is 5.92 Å². The Labute approximate surface area is 129 Å². The summed E-state index contributed by atoms with van der Waals surface area (Å²) in [5.41, 5.74) is 9.18. The molecule has 0 aromatic heterocycles. The number of benzene rings is 1. The third kappa shape index (κ3) is 3.34. The standard InChI is InChI=1S/C13H13BrN4O3/c1-21-13(20)10-5-9(14)2-3-11(10)18-7-8(4-12(18)19)6-16-17-15/h2-3,5,8H,4,6-7H2,1H3. The van der Waals surface area contributed by atoms with E-state index in [1.807, 2.05) is 0 Å². The van der Waals surface area contributed by atoms with Crippen molar-refractivity contribution in [3.8, 4) is 0 Å². The third-order valence-electron chi connectivity index (χ3n) is 3.26. The van der Waals surface area contributed by atoms with Crippen molar-refractivity contribution in [3.63, 3.8) is 0 Å². The summed E-state index contributed by atoms with van der Waals surface area (Å²) >= 11 is 3.30.